The number of thiophene rings is 1. The van der Waals surface area contributed by atoms with E-state index in [9.17, 15) is 9.59 Å². The average Bonchev–Trinajstić information content (AvgIpc) is 3.15. The van der Waals surface area contributed by atoms with E-state index < -0.39 is 0 Å². The summed E-state index contributed by atoms with van der Waals surface area (Å²) in [5, 5.41) is 1.83. The van der Waals surface area contributed by atoms with Gasteiger partial charge in [-0.3, -0.25) is 14.2 Å². The molecule has 6 nitrogen and oxygen atoms in total. The lowest BCUT2D eigenvalue weighted by atomic mass is 10.1. The molecule has 0 aliphatic carbocycles. The van der Waals surface area contributed by atoms with Crippen molar-refractivity contribution in [1.29, 1.82) is 0 Å². The maximum Gasteiger partial charge on any atom is 0.271 e. The van der Waals surface area contributed by atoms with Crippen molar-refractivity contribution in [3.63, 3.8) is 0 Å². The van der Waals surface area contributed by atoms with E-state index in [1.54, 1.807) is 13.2 Å². The largest absolute Gasteiger partial charge is 0.383 e. The van der Waals surface area contributed by atoms with Crippen molar-refractivity contribution in [3.05, 3.63) is 51.1 Å². The predicted octanol–water partition coefficient (Wildman–Crippen LogP) is 2.97. The van der Waals surface area contributed by atoms with Crippen LogP contribution < -0.4 is 5.56 Å². The number of hydrogen-bond donors (Lipinski definition) is 0. The first-order chi connectivity index (χ1) is 11.9. The number of ether oxygens (including phenoxy) is 1. The fourth-order valence-electron chi connectivity index (χ4n) is 3.28. The van der Waals surface area contributed by atoms with E-state index in [4.69, 9.17) is 4.74 Å². The lowest BCUT2D eigenvalue weighted by Gasteiger charge is -2.17. The molecule has 3 aromatic heterocycles. The molecule has 1 atom stereocenters. The Balaban J connectivity index is 1.92. The molecular formula is C18H21N3O3S. The number of carbonyl (C=O) groups excluding carboxylic acids is 1. The number of aromatic nitrogens is 3. The smallest absolute Gasteiger partial charge is 0.271 e. The summed E-state index contributed by atoms with van der Waals surface area (Å²) in [5.41, 5.74) is 3.04. The first-order valence-corrected chi connectivity index (χ1v) is 8.95. The average molecular weight is 359 g/mol. The highest BCUT2D eigenvalue weighted by Crippen LogP contribution is 2.21. The van der Waals surface area contributed by atoms with E-state index in [2.05, 4.69) is 16.5 Å². The zero-order valence-electron chi connectivity index (χ0n) is 14.8. The molecule has 0 aliphatic rings. The van der Waals surface area contributed by atoms with E-state index >= 15 is 0 Å². The molecule has 0 saturated carbocycles. The number of ketones is 1. The second-order valence-electron chi connectivity index (χ2n) is 6.19. The summed E-state index contributed by atoms with van der Waals surface area (Å²) in [6.45, 7) is 6.51. The van der Waals surface area contributed by atoms with E-state index in [1.165, 1.54) is 22.2 Å². The Morgan fingerprint density at radius 1 is 1.40 bits per heavy atom. The third-order valence-electron chi connectivity index (χ3n) is 4.38. The SMILES string of the molecule is COCC(C)n1c(C)cc(C(=O)Cn2cnc3ccsc3c2=O)c1C. The molecule has 0 bridgehead atoms. The van der Waals surface area contributed by atoms with Gasteiger partial charge in [0.1, 0.15) is 4.70 Å². The van der Waals surface area contributed by atoms with E-state index in [1.807, 2.05) is 25.3 Å². The summed E-state index contributed by atoms with van der Waals surface area (Å²) in [7, 11) is 1.66. The molecular weight excluding hydrogens is 338 g/mol. The van der Waals surface area contributed by atoms with Crippen LogP contribution in [0.2, 0.25) is 0 Å². The number of aryl methyl sites for hydroxylation is 1. The Labute approximate surface area is 149 Å². The molecule has 3 aromatic rings. The Bertz CT molecular complexity index is 983. The highest BCUT2D eigenvalue weighted by Gasteiger charge is 2.19. The minimum atomic E-state index is -0.171. The molecule has 0 fully saturated rings. The molecule has 1 unspecified atom stereocenters. The molecule has 0 N–H and O–H groups in total. The summed E-state index contributed by atoms with van der Waals surface area (Å²) in [4.78, 5) is 29.5. The number of rotatable bonds is 6. The van der Waals surface area contributed by atoms with Crippen LogP contribution in [0.3, 0.4) is 0 Å². The number of hydrogen-bond acceptors (Lipinski definition) is 5. The third-order valence-corrected chi connectivity index (χ3v) is 5.27. The quantitative estimate of drug-likeness (QED) is 0.635. The molecule has 0 saturated heterocycles. The Morgan fingerprint density at radius 3 is 2.88 bits per heavy atom. The van der Waals surface area contributed by atoms with E-state index in [0.717, 1.165) is 11.4 Å². The zero-order chi connectivity index (χ0) is 18.1. The van der Waals surface area contributed by atoms with Gasteiger partial charge in [-0.1, -0.05) is 0 Å². The van der Waals surface area contributed by atoms with Crippen LogP contribution in [0.15, 0.2) is 28.6 Å². The Kier molecular flexibility index (Phi) is 4.87. The maximum atomic E-state index is 12.8. The fourth-order valence-corrected chi connectivity index (χ4v) is 4.08. The summed E-state index contributed by atoms with van der Waals surface area (Å²) in [5.74, 6) is -0.0937. The van der Waals surface area contributed by atoms with Crippen LogP contribution in [0.25, 0.3) is 10.2 Å². The van der Waals surface area contributed by atoms with Gasteiger partial charge in [0.15, 0.2) is 5.78 Å². The summed E-state index contributed by atoms with van der Waals surface area (Å²) < 4.78 is 9.28. The molecule has 0 amide bonds. The second kappa shape index (κ2) is 6.93. The van der Waals surface area contributed by atoms with Crippen molar-refractivity contribution in [3.8, 4) is 0 Å². The van der Waals surface area contributed by atoms with Gasteiger partial charge in [0.2, 0.25) is 0 Å². The Morgan fingerprint density at radius 2 is 2.16 bits per heavy atom. The van der Waals surface area contributed by atoms with Gasteiger partial charge in [-0.15, -0.1) is 11.3 Å². The number of fused-ring (bicyclic) bond motifs is 1. The molecule has 7 heteroatoms. The number of Topliss-reactive ketones (excluding diaryl/α,β-unsaturated/α-hetero) is 1. The number of methoxy groups -OCH3 is 1. The van der Waals surface area contributed by atoms with E-state index in [-0.39, 0.29) is 23.9 Å². The van der Waals surface area contributed by atoms with E-state index in [0.29, 0.717) is 22.4 Å². The maximum absolute atomic E-state index is 12.8. The number of carbonyl (C=O) groups is 1. The Hall–Kier alpha value is -2.25. The standard InChI is InChI=1S/C18H21N3O3S/c1-11-7-14(13(3)21(11)12(2)9-24-4)16(22)8-20-10-19-15-5-6-25-17(15)18(20)23/h5-7,10,12H,8-9H2,1-4H3. The first-order valence-electron chi connectivity index (χ1n) is 8.07. The molecule has 0 radical (unpaired) electrons. The molecule has 3 rings (SSSR count). The molecule has 25 heavy (non-hydrogen) atoms. The molecule has 132 valence electrons. The highest BCUT2D eigenvalue weighted by atomic mass is 32.1. The van der Waals surface area contributed by atoms with Crippen LogP contribution in [-0.4, -0.2) is 33.6 Å². The highest BCUT2D eigenvalue weighted by molar-refractivity contribution is 7.17. The van der Waals surface area contributed by atoms with Crippen LogP contribution in [0.1, 0.15) is 34.7 Å². The van der Waals surface area contributed by atoms with Gasteiger partial charge in [-0.05, 0) is 38.3 Å². The second-order valence-corrected chi connectivity index (χ2v) is 7.11. The van der Waals surface area contributed by atoms with Gasteiger partial charge in [0, 0.05) is 24.1 Å². The van der Waals surface area contributed by atoms with Gasteiger partial charge in [0.05, 0.1) is 31.0 Å². The molecule has 0 spiro atoms. The summed E-state index contributed by atoms with van der Waals surface area (Å²) >= 11 is 1.34. The topological polar surface area (TPSA) is 66.1 Å². The minimum absolute atomic E-state index is 0.0113. The van der Waals surface area contributed by atoms with Crippen molar-refractivity contribution >= 4 is 27.3 Å². The van der Waals surface area contributed by atoms with Crippen LogP contribution in [-0.2, 0) is 11.3 Å². The van der Waals surface area contributed by atoms with Gasteiger partial charge < -0.3 is 9.30 Å². The van der Waals surface area contributed by atoms with Crippen molar-refractivity contribution < 1.29 is 9.53 Å². The van der Waals surface area contributed by atoms with Crippen LogP contribution in [0.5, 0.6) is 0 Å². The lowest BCUT2D eigenvalue weighted by Crippen LogP contribution is -2.24. The van der Waals surface area contributed by atoms with Crippen molar-refractivity contribution in [2.75, 3.05) is 13.7 Å². The minimum Gasteiger partial charge on any atom is -0.383 e. The van der Waals surface area contributed by atoms with Gasteiger partial charge >= 0.3 is 0 Å². The van der Waals surface area contributed by atoms with Crippen molar-refractivity contribution in [1.82, 2.24) is 14.1 Å². The number of nitrogens with zero attached hydrogens (tertiary/aromatic N) is 3. The zero-order valence-corrected chi connectivity index (χ0v) is 15.6. The fraction of sp³-hybridized carbons (Fsp3) is 0.389. The van der Waals surface area contributed by atoms with Crippen molar-refractivity contribution in [2.45, 2.75) is 33.4 Å². The van der Waals surface area contributed by atoms with Gasteiger partial charge in [-0.2, -0.15) is 0 Å². The first kappa shape index (κ1) is 17.6. The monoisotopic (exact) mass is 359 g/mol. The molecule has 0 aliphatic heterocycles. The molecule has 3 heterocycles. The lowest BCUT2D eigenvalue weighted by molar-refractivity contribution is 0.0969. The normalized spacial score (nSPS) is 12.6. The molecule has 0 aromatic carbocycles. The van der Waals surface area contributed by atoms with Crippen molar-refractivity contribution in [2.24, 2.45) is 0 Å². The predicted molar refractivity (Wildman–Crippen MR) is 98.7 cm³/mol. The van der Waals surface area contributed by atoms with Crippen LogP contribution in [0, 0.1) is 13.8 Å². The summed E-state index contributed by atoms with van der Waals surface area (Å²) in [6.07, 6.45) is 1.45. The van der Waals surface area contributed by atoms with Crippen LogP contribution in [0.4, 0.5) is 0 Å². The van der Waals surface area contributed by atoms with Gasteiger partial charge in [0.25, 0.3) is 5.56 Å². The van der Waals surface area contributed by atoms with Crippen LogP contribution >= 0.6 is 11.3 Å². The summed E-state index contributed by atoms with van der Waals surface area (Å²) in [6, 6.07) is 3.82. The van der Waals surface area contributed by atoms with Gasteiger partial charge in [-0.25, -0.2) is 4.98 Å². The third kappa shape index (κ3) is 3.17.